The molecule has 0 unspecified atom stereocenters. The summed E-state index contributed by atoms with van der Waals surface area (Å²) in [5, 5.41) is 2.87. The van der Waals surface area contributed by atoms with Crippen LogP contribution in [0.25, 0.3) is 0 Å². The number of hydrogen-bond acceptors (Lipinski definition) is 4. The Balaban J connectivity index is 1.62. The van der Waals surface area contributed by atoms with Gasteiger partial charge in [-0.05, 0) is 37.5 Å². The van der Waals surface area contributed by atoms with Gasteiger partial charge in [0.2, 0.25) is 5.91 Å². The second kappa shape index (κ2) is 7.10. The Morgan fingerprint density at radius 3 is 2.52 bits per heavy atom. The van der Waals surface area contributed by atoms with Crippen LogP contribution < -0.4 is 21.1 Å². The molecule has 3 rings (SSSR count). The van der Waals surface area contributed by atoms with Crippen LogP contribution in [0.2, 0.25) is 5.02 Å². The van der Waals surface area contributed by atoms with Crippen molar-refractivity contribution in [3.8, 4) is 0 Å². The second-order valence-electron chi connectivity index (χ2n) is 5.97. The lowest BCUT2D eigenvalue weighted by Crippen LogP contribution is -2.49. The molecule has 1 aliphatic heterocycles. The molecular formula is C16H17ClN4O4. The summed E-state index contributed by atoms with van der Waals surface area (Å²) in [4.78, 5) is 48.7. The Morgan fingerprint density at radius 1 is 1.12 bits per heavy atom. The average Bonchev–Trinajstić information content (AvgIpc) is 3.31. The Hall–Kier alpha value is -2.61. The molecule has 1 saturated heterocycles. The van der Waals surface area contributed by atoms with E-state index in [-0.39, 0.29) is 17.5 Å². The first-order chi connectivity index (χ1) is 12.0. The number of nitrogens with zero attached hydrogens (tertiary/aromatic N) is 1. The summed E-state index contributed by atoms with van der Waals surface area (Å²) >= 11 is 6.12. The van der Waals surface area contributed by atoms with Crippen molar-refractivity contribution < 1.29 is 19.2 Å². The molecule has 1 saturated carbocycles. The van der Waals surface area contributed by atoms with Crippen molar-refractivity contribution in [2.24, 2.45) is 0 Å². The molecule has 1 heterocycles. The van der Waals surface area contributed by atoms with Crippen molar-refractivity contribution in [1.82, 2.24) is 16.2 Å². The number of amides is 4. The van der Waals surface area contributed by atoms with Gasteiger partial charge in [0.15, 0.2) is 0 Å². The summed E-state index contributed by atoms with van der Waals surface area (Å²) < 4.78 is 0. The van der Waals surface area contributed by atoms with E-state index in [1.165, 1.54) is 23.1 Å². The molecule has 2 aliphatic rings. The van der Waals surface area contributed by atoms with Gasteiger partial charge in [0.25, 0.3) is 5.91 Å². The van der Waals surface area contributed by atoms with Gasteiger partial charge in [-0.3, -0.25) is 30.0 Å². The highest BCUT2D eigenvalue weighted by atomic mass is 35.5. The van der Waals surface area contributed by atoms with Crippen molar-refractivity contribution in [1.29, 1.82) is 0 Å². The molecule has 0 bridgehead atoms. The minimum absolute atomic E-state index is 0.0470. The van der Waals surface area contributed by atoms with Crippen molar-refractivity contribution in [3.63, 3.8) is 0 Å². The lowest BCUT2D eigenvalue weighted by molar-refractivity contribution is -0.139. The predicted molar refractivity (Wildman–Crippen MR) is 89.8 cm³/mol. The first-order valence-electron chi connectivity index (χ1n) is 7.97. The Morgan fingerprint density at radius 2 is 1.88 bits per heavy atom. The Bertz CT molecular complexity index is 748. The van der Waals surface area contributed by atoms with E-state index in [0.717, 1.165) is 19.3 Å². The van der Waals surface area contributed by atoms with Gasteiger partial charge in [0, 0.05) is 24.6 Å². The van der Waals surface area contributed by atoms with Gasteiger partial charge >= 0.3 is 11.8 Å². The molecule has 1 aromatic rings. The normalized spacial score (nSPS) is 16.5. The lowest BCUT2D eigenvalue weighted by atomic mass is 10.2. The second-order valence-corrected chi connectivity index (χ2v) is 6.38. The van der Waals surface area contributed by atoms with Gasteiger partial charge in [0.05, 0.1) is 10.7 Å². The van der Waals surface area contributed by atoms with E-state index in [9.17, 15) is 19.2 Å². The van der Waals surface area contributed by atoms with E-state index in [4.69, 9.17) is 11.6 Å². The van der Waals surface area contributed by atoms with E-state index < -0.39 is 17.7 Å². The number of carbonyl (C=O) groups is 4. The topological polar surface area (TPSA) is 108 Å². The molecule has 4 amide bonds. The fourth-order valence-corrected chi connectivity index (χ4v) is 2.70. The van der Waals surface area contributed by atoms with Crippen LogP contribution in [-0.4, -0.2) is 36.2 Å². The largest absolute Gasteiger partial charge is 0.345 e. The van der Waals surface area contributed by atoms with Crippen LogP contribution in [0, 0.1) is 0 Å². The molecule has 0 radical (unpaired) electrons. The van der Waals surface area contributed by atoms with E-state index in [1.54, 1.807) is 0 Å². The van der Waals surface area contributed by atoms with Crippen LogP contribution in [-0.2, 0) is 14.4 Å². The zero-order valence-corrected chi connectivity index (χ0v) is 14.1. The molecule has 0 atom stereocenters. The molecule has 2 fully saturated rings. The van der Waals surface area contributed by atoms with Crippen LogP contribution in [0.1, 0.15) is 36.0 Å². The quantitative estimate of drug-likeness (QED) is 0.536. The smallest absolute Gasteiger partial charge is 0.327 e. The number of halogens is 1. The minimum Gasteiger partial charge on any atom is -0.345 e. The summed E-state index contributed by atoms with van der Waals surface area (Å²) in [6, 6.07) is 4.51. The number of hydrazine groups is 1. The van der Waals surface area contributed by atoms with Gasteiger partial charge in [-0.2, -0.15) is 0 Å². The monoisotopic (exact) mass is 364 g/mol. The molecule has 0 aromatic heterocycles. The highest BCUT2D eigenvalue weighted by molar-refractivity contribution is 6.35. The molecule has 132 valence electrons. The number of benzene rings is 1. The van der Waals surface area contributed by atoms with Crippen LogP contribution in [0.4, 0.5) is 5.69 Å². The van der Waals surface area contributed by atoms with E-state index in [1.807, 2.05) is 0 Å². The van der Waals surface area contributed by atoms with Crippen LogP contribution >= 0.6 is 11.6 Å². The lowest BCUT2D eigenvalue weighted by Gasteiger charge is -2.18. The van der Waals surface area contributed by atoms with Crippen LogP contribution in [0.15, 0.2) is 18.2 Å². The number of hydrogen-bond donors (Lipinski definition) is 3. The van der Waals surface area contributed by atoms with Crippen molar-refractivity contribution in [2.45, 2.75) is 31.7 Å². The molecule has 1 aliphatic carbocycles. The molecular weight excluding hydrogens is 348 g/mol. The maximum absolute atomic E-state index is 12.2. The molecule has 8 nitrogen and oxygen atoms in total. The maximum Gasteiger partial charge on any atom is 0.327 e. The SMILES string of the molecule is O=C(NNC(=O)c1ccc(Cl)c(N2CCCC2=O)c1)C(=O)NC1CC1. The van der Waals surface area contributed by atoms with Gasteiger partial charge in [-0.25, -0.2) is 0 Å². The number of anilines is 1. The molecule has 25 heavy (non-hydrogen) atoms. The summed E-state index contributed by atoms with van der Waals surface area (Å²) in [6.45, 7) is 0.543. The third-order valence-corrected chi connectivity index (χ3v) is 4.30. The summed E-state index contributed by atoms with van der Waals surface area (Å²) in [5.74, 6) is -2.40. The first-order valence-corrected chi connectivity index (χ1v) is 8.34. The number of rotatable bonds is 3. The Labute approximate surface area is 148 Å². The number of nitrogens with one attached hydrogen (secondary N) is 3. The summed E-state index contributed by atoms with van der Waals surface area (Å²) in [6.07, 6.45) is 2.89. The highest BCUT2D eigenvalue weighted by Crippen LogP contribution is 2.30. The van der Waals surface area contributed by atoms with Gasteiger partial charge in [-0.15, -0.1) is 0 Å². The fourth-order valence-electron chi connectivity index (χ4n) is 2.48. The third kappa shape index (κ3) is 4.08. The molecule has 0 spiro atoms. The standard InChI is InChI=1S/C16H17ClN4O4/c17-11-6-3-9(8-12(11)21-7-1-2-13(21)22)14(23)19-20-16(25)15(24)18-10-4-5-10/h3,6,8,10H,1-2,4-5,7H2,(H,18,24)(H,19,23)(H,20,25). The molecule has 9 heteroatoms. The predicted octanol–water partition coefficient (Wildman–Crippen LogP) is 0.506. The average molecular weight is 365 g/mol. The first kappa shape index (κ1) is 17.2. The van der Waals surface area contributed by atoms with Crippen LogP contribution in [0.5, 0.6) is 0 Å². The summed E-state index contributed by atoms with van der Waals surface area (Å²) in [5.41, 5.74) is 4.90. The van der Waals surface area contributed by atoms with E-state index in [2.05, 4.69) is 16.2 Å². The van der Waals surface area contributed by atoms with Crippen molar-refractivity contribution >= 4 is 40.9 Å². The maximum atomic E-state index is 12.2. The minimum atomic E-state index is -0.941. The fraction of sp³-hybridized carbons (Fsp3) is 0.375. The summed E-state index contributed by atoms with van der Waals surface area (Å²) in [7, 11) is 0. The highest BCUT2D eigenvalue weighted by Gasteiger charge is 2.27. The van der Waals surface area contributed by atoms with E-state index >= 15 is 0 Å². The van der Waals surface area contributed by atoms with Gasteiger partial charge in [-0.1, -0.05) is 11.6 Å². The third-order valence-electron chi connectivity index (χ3n) is 3.98. The van der Waals surface area contributed by atoms with E-state index in [0.29, 0.717) is 23.7 Å². The van der Waals surface area contributed by atoms with Gasteiger partial charge in [0.1, 0.15) is 0 Å². The Kier molecular flexibility index (Phi) is 4.89. The van der Waals surface area contributed by atoms with Crippen molar-refractivity contribution in [2.75, 3.05) is 11.4 Å². The number of carbonyl (C=O) groups excluding carboxylic acids is 4. The zero-order chi connectivity index (χ0) is 18.0. The van der Waals surface area contributed by atoms with Crippen molar-refractivity contribution in [3.05, 3.63) is 28.8 Å². The van der Waals surface area contributed by atoms with Crippen LogP contribution in [0.3, 0.4) is 0 Å². The van der Waals surface area contributed by atoms with Gasteiger partial charge < -0.3 is 10.2 Å². The zero-order valence-electron chi connectivity index (χ0n) is 13.3. The molecule has 1 aromatic carbocycles. The molecule has 3 N–H and O–H groups in total.